The van der Waals surface area contributed by atoms with Crippen molar-refractivity contribution in [3.05, 3.63) is 54.5 Å². The Labute approximate surface area is 159 Å². The van der Waals surface area contributed by atoms with Crippen LogP contribution >= 0.6 is 0 Å². The van der Waals surface area contributed by atoms with Crippen molar-refractivity contribution in [3.8, 4) is 0 Å². The van der Waals surface area contributed by atoms with Gasteiger partial charge in [0.05, 0.1) is 24.6 Å². The number of guanidine groups is 1. The van der Waals surface area contributed by atoms with E-state index in [1.54, 1.807) is 0 Å². The molecule has 2 unspecified atom stereocenters. The lowest BCUT2D eigenvalue weighted by Crippen LogP contribution is -2.48. The number of aromatic nitrogens is 4. The van der Waals surface area contributed by atoms with Crippen LogP contribution in [0.25, 0.3) is 5.65 Å². The van der Waals surface area contributed by atoms with E-state index >= 15 is 0 Å². The smallest absolute Gasteiger partial charge is 0.194 e. The number of rotatable bonds is 3. The number of nitrogens with one attached hydrogen (secondary N) is 1. The summed E-state index contributed by atoms with van der Waals surface area (Å²) < 4.78 is 4.28. The van der Waals surface area contributed by atoms with Crippen LogP contribution in [0, 0.1) is 12.8 Å². The highest BCUT2D eigenvalue weighted by molar-refractivity contribution is 5.80. The van der Waals surface area contributed by atoms with Gasteiger partial charge < -0.3 is 19.2 Å². The highest BCUT2D eigenvalue weighted by atomic mass is 15.3. The number of pyridine rings is 1. The summed E-state index contributed by atoms with van der Waals surface area (Å²) in [7, 11) is 1.85. The summed E-state index contributed by atoms with van der Waals surface area (Å²) >= 11 is 0. The second kappa shape index (κ2) is 7.42. The summed E-state index contributed by atoms with van der Waals surface area (Å²) in [6.07, 6.45) is 11.1. The van der Waals surface area contributed by atoms with E-state index in [1.807, 2.05) is 19.6 Å². The average Bonchev–Trinajstić information content (AvgIpc) is 3.32. The van der Waals surface area contributed by atoms with Gasteiger partial charge in [-0.05, 0) is 37.0 Å². The Kier molecular flexibility index (Phi) is 4.83. The van der Waals surface area contributed by atoms with Crippen molar-refractivity contribution < 1.29 is 0 Å². The summed E-state index contributed by atoms with van der Waals surface area (Å²) in [5, 5.41) is 3.49. The third-order valence-corrected chi connectivity index (χ3v) is 5.43. The fourth-order valence-corrected chi connectivity index (χ4v) is 3.82. The van der Waals surface area contributed by atoms with Crippen LogP contribution in [0.4, 0.5) is 0 Å². The molecule has 1 aliphatic rings. The minimum absolute atomic E-state index is 0.415. The zero-order chi connectivity index (χ0) is 18.8. The lowest BCUT2D eigenvalue weighted by Gasteiger charge is -2.39. The van der Waals surface area contributed by atoms with Crippen LogP contribution in [0.5, 0.6) is 0 Å². The highest BCUT2D eigenvalue weighted by Crippen LogP contribution is 2.27. The summed E-state index contributed by atoms with van der Waals surface area (Å²) in [6.45, 7) is 7.01. The number of likely N-dealkylation sites (tertiary alicyclic amines) is 1. The van der Waals surface area contributed by atoms with Crippen molar-refractivity contribution in [2.75, 3.05) is 20.1 Å². The Balaban J connectivity index is 1.44. The number of fused-ring (bicyclic) bond motifs is 1. The molecular formula is C20H27N7. The second-order valence-corrected chi connectivity index (χ2v) is 7.39. The topological polar surface area (TPSA) is 62.8 Å². The van der Waals surface area contributed by atoms with Crippen LogP contribution < -0.4 is 5.32 Å². The third-order valence-electron chi connectivity index (χ3n) is 5.43. The minimum atomic E-state index is 0.415. The Bertz CT molecular complexity index is 925. The maximum absolute atomic E-state index is 4.71. The van der Waals surface area contributed by atoms with Crippen molar-refractivity contribution in [1.82, 2.24) is 29.2 Å². The molecule has 0 bridgehead atoms. The fraction of sp³-hybridized carbons (Fsp3) is 0.450. The molecule has 27 heavy (non-hydrogen) atoms. The molecule has 0 spiro atoms. The Morgan fingerprint density at radius 3 is 3.04 bits per heavy atom. The lowest BCUT2D eigenvalue weighted by atomic mass is 9.93. The van der Waals surface area contributed by atoms with Crippen LogP contribution in [0.2, 0.25) is 0 Å². The van der Waals surface area contributed by atoms with Crippen LogP contribution in [0.3, 0.4) is 0 Å². The summed E-state index contributed by atoms with van der Waals surface area (Å²) in [6, 6.07) is 4.61. The first kappa shape index (κ1) is 17.6. The van der Waals surface area contributed by atoms with Gasteiger partial charge in [-0.15, -0.1) is 0 Å². The molecule has 1 aliphatic heterocycles. The van der Waals surface area contributed by atoms with Crippen LogP contribution in [-0.2, 0) is 6.54 Å². The van der Waals surface area contributed by atoms with E-state index in [4.69, 9.17) is 4.98 Å². The molecule has 0 amide bonds. The number of aliphatic imine (C=N–C) groups is 1. The zero-order valence-corrected chi connectivity index (χ0v) is 16.2. The number of imidazole rings is 2. The van der Waals surface area contributed by atoms with Gasteiger partial charge in [-0.25, -0.2) is 9.97 Å². The molecule has 1 fully saturated rings. The molecule has 3 aromatic rings. The number of nitrogens with zero attached hydrogens (tertiary/aromatic N) is 6. The molecule has 7 nitrogen and oxygen atoms in total. The molecule has 3 aromatic heterocycles. The second-order valence-electron chi connectivity index (χ2n) is 7.39. The van der Waals surface area contributed by atoms with Crippen LogP contribution in [0.15, 0.2) is 48.2 Å². The molecule has 4 rings (SSSR count). The molecule has 7 heteroatoms. The van der Waals surface area contributed by atoms with Gasteiger partial charge in [0.15, 0.2) is 5.96 Å². The van der Waals surface area contributed by atoms with Crippen molar-refractivity contribution in [2.24, 2.45) is 10.9 Å². The predicted molar refractivity (Wildman–Crippen MR) is 107 cm³/mol. The molecule has 0 radical (unpaired) electrons. The Hall–Kier alpha value is -2.83. The molecule has 142 valence electrons. The van der Waals surface area contributed by atoms with Gasteiger partial charge in [-0.3, -0.25) is 4.99 Å². The highest BCUT2D eigenvalue weighted by Gasteiger charge is 2.28. The first-order valence-corrected chi connectivity index (χ1v) is 9.51. The largest absolute Gasteiger partial charge is 0.351 e. The van der Waals surface area contributed by atoms with Gasteiger partial charge in [-0.1, -0.05) is 6.92 Å². The molecule has 0 saturated carbocycles. The zero-order valence-electron chi connectivity index (χ0n) is 16.2. The van der Waals surface area contributed by atoms with Gasteiger partial charge in [0.25, 0.3) is 0 Å². The normalized spacial score (nSPS) is 21.0. The molecule has 0 aliphatic carbocycles. The van der Waals surface area contributed by atoms with Crippen molar-refractivity contribution in [1.29, 1.82) is 0 Å². The van der Waals surface area contributed by atoms with E-state index < -0.39 is 0 Å². The number of hydrogen-bond acceptors (Lipinski definition) is 3. The SMILES string of the molecule is CN=C(NCc1cn2ccc(C)cc2n1)N1CCC(C)C(n2ccnc2)C1. The predicted octanol–water partition coefficient (Wildman–Crippen LogP) is 2.50. The first-order valence-electron chi connectivity index (χ1n) is 9.51. The van der Waals surface area contributed by atoms with E-state index in [9.17, 15) is 0 Å². The van der Waals surface area contributed by atoms with Crippen molar-refractivity contribution in [3.63, 3.8) is 0 Å². The quantitative estimate of drug-likeness (QED) is 0.572. The lowest BCUT2D eigenvalue weighted by molar-refractivity contribution is 0.189. The maximum Gasteiger partial charge on any atom is 0.194 e. The number of hydrogen-bond donors (Lipinski definition) is 1. The molecule has 2 atom stereocenters. The minimum Gasteiger partial charge on any atom is -0.351 e. The van der Waals surface area contributed by atoms with E-state index in [0.717, 1.165) is 36.8 Å². The number of aryl methyl sites for hydroxylation is 1. The molecule has 1 N–H and O–H groups in total. The van der Waals surface area contributed by atoms with Crippen molar-refractivity contribution in [2.45, 2.75) is 32.9 Å². The van der Waals surface area contributed by atoms with Gasteiger partial charge in [-0.2, -0.15) is 0 Å². The first-order chi connectivity index (χ1) is 13.1. The Morgan fingerprint density at radius 2 is 2.26 bits per heavy atom. The monoisotopic (exact) mass is 365 g/mol. The standard InChI is InChI=1S/C20H27N7/c1-15-4-7-25-12-17(24-19(25)10-15)11-23-20(21-3)26-8-5-16(2)18(13-26)27-9-6-22-14-27/h4,6-7,9-10,12,14,16,18H,5,8,11,13H2,1-3H3,(H,21,23). The molecular weight excluding hydrogens is 338 g/mol. The van der Waals surface area contributed by atoms with Crippen LogP contribution in [0.1, 0.15) is 30.6 Å². The maximum atomic E-state index is 4.71. The van der Waals surface area contributed by atoms with E-state index in [0.29, 0.717) is 18.5 Å². The van der Waals surface area contributed by atoms with Gasteiger partial charge in [0, 0.05) is 44.9 Å². The van der Waals surface area contributed by atoms with Gasteiger partial charge >= 0.3 is 0 Å². The van der Waals surface area contributed by atoms with E-state index in [-0.39, 0.29) is 0 Å². The summed E-state index contributed by atoms with van der Waals surface area (Å²) in [5.41, 5.74) is 3.21. The average molecular weight is 365 g/mol. The fourth-order valence-electron chi connectivity index (χ4n) is 3.82. The summed E-state index contributed by atoms with van der Waals surface area (Å²) in [4.78, 5) is 15.8. The summed E-state index contributed by atoms with van der Waals surface area (Å²) in [5.74, 6) is 1.55. The number of piperidine rings is 1. The van der Waals surface area contributed by atoms with Gasteiger partial charge in [0.1, 0.15) is 5.65 Å². The van der Waals surface area contributed by atoms with Crippen molar-refractivity contribution >= 4 is 11.6 Å². The van der Waals surface area contributed by atoms with E-state index in [1.165, 1.54) is 5.56 Å². The molecule has 1 saturated heterocycles. The van der Waals surface area contributed by atoms with E-state index in [2.05, 4.69) is 73.7 Å². The van der Waals surface area contributed by atoms with Crippen LogP contribution in [-0.4, -0.2) is 49.9 Å². The third kappa shape index (κ3) is 3.67. The molecule has 4 heterocycles. The van der Waals surface area contributed by atoms with Gasteiger partial charge in [0.2, 0.25) is 0 Å². The Morgan fingerprint density at radius 1 is 1.37 bits per heavy atom. The molecule has 0 aromatic carbocycles.